The first-order chi connectivity index (χ1) is 8.75. The lowest BCUT2D eigenvalue weighted by molar-refractivity contribution is 0.0793. The predicted molar refractivity (Wildman–Crippen MR) is 71.0 cm³/mol. The molecule has 0 unspecified atom stereocenters. The maximum atomic E-state index is 12.2. The minimum atomic E-state index is -0.264. The third-order valence-electron chi connectivity index (χ3n) is 3.20. The Morgan fingerprint density at radius 1 is 1.28 bits per heavy atom. The number of hydrogen-bond donors (Lipinski definition) is 0. The molecule has 1 aliphatic rings. The average molecular weight is 260 g/mol. The van der Waals surface area contributed by atoms with Gasteiger partial charge < -0.3 is 4.90 Å². The van der Waals surface area contributed by atoms with Gasteiger partial charge in [0.15, 0.2) is 0 Å². The van der Waals surface area contributed by atoms with Crippen LogP contribution in [-0.2, 0) is 0 Å². The maximum Gasteiger partial charge on any atom is 0.279 e. The number of aromatic nitrogens is 1. The highest BCUT2D eigenvalue weighted by Crippen LogP contribution is 2.18. The largest absolute Gasteiger partial charge is 0.339 e. The van der Waals surface area contributed by atoms with Crippen molar-refractivity contribution in [1.82, 2.24) is 9.88 Å². The standard InChI is InChI=1S/C13H12N2O2S/c16-12-10-7-9(3-4-11(10)18-8-14-12)13(17)15-5-1-2-6-15/h3-4,7-8H,1-2,5-6H2. The summed E-state index contributed by atoms with van der Waals surface area (Å²) in [6.45, 7) is 1.63. The molecule has 2 aromatic rings. The van der Waals surface area contributed by atoms with Gasteiger partial charge in [-0.15, -0.1) is 11.3 Å². The van der Waals surface area contributed by atoms with Crippen molar-refractivity contribution < 1.29 is 4.79 Å². The summed E-state index contributed by atoms with van der Waals surface area (Å²) in [7, 11) is 0. The third-order valence-corrected chi connectivity index (χ3v) is 4.02. The highest BCUT2D eigenvalue weighted by atomic mass is 32.1. The quantitative estimate of drug-likeness (QED) is 0.786. The van der Waals surface area contributed by atoms with E-state index in [4.69, 9.17) is 0 Å². The first-order valence-corrected chi connectivity index (χ1v) is 6.80. The molecule has 0 N–H and O–H groups in total. The smallest absolute Gasteiger partial charge is 0.279 e. The van der Waals surface area contributed by atoms with Gasteiger partial charge in [-0.3, -0.25) is 9.59 Å². The molecule has 92 valence electrons. The zero-order valence-electron chi connectivity index (χ0n) is 9.76. The van der Waals surface area contributed by atoms with Crippen molar-refractivity contribution >= 4 is 27.3 Å². The van der Waals surface area contributed by atoms with E-state index < -0.39 is 0 Å². The van der Waals surface area contributed by atoms with Gasteiger partial charge >= 0.3 is 0 Å². The lowest BCUT2D eigenvalue weighted by Gasteiger charge is -2.15. The van der Waals surface area contributed by atoms with Gasteiger partial charge in [0.05, 0.1) is 10.9 Å². The van der Waals surface area contributed by atoms with Crippen LogP contribution in [0.1, 0.15) is 23.2 Å². The van der Waals surface area contributed by atoms with E-state index in [2.05, 4.69) is 4.98 Å². The summed E-state index contributed by atoms with van der Waals surface area (Å²) in [6, 6.07) is 5.28. The molecule has 2 heterocycles. The third kappa shape index (κ3) is 1.90. The fourth-order valence-electron chi connectivity index (χ4n) is 2.24. The Morgan fingerprint density at radius 3 is 2.83 bits per heavy atom. The number of carbonyl (C=O) groups is 1. The predicted octanol–water partition coefficient (Wildman–Crippen LogP) is 1.89. The molecule has 0 spiro atoms. The Balaban J connectivity index is 2.05. The summed E-state index contributed by atoms with van der Waals surface area (Å²) in [5.41, 5.74) is 1.86. The summed E-state index contributed by atoms with van der Waals surface area (Å²) >= 11 is 1.41. The number of carbonyl (C=O) groups excluding carboxylic acids is 1. The van der Waals surface area contributed by atoms with Crippen LogP contribution in [0.15, 0.2) is 28.5 Å². The van der Waals surface area contributed by atoms with E-state index in [1.807, 2.05) is 11.0 Å². The lowest BCUT2D eigenvalue weighted by atomic mass is 10.1. The van der Waals surface area contributed by atoms with Crippen LogP contribution in [0.3, 0.4) is 0 Å². The second-order valence-electron chi connectivity index (χ2n) is 4.37. The second kappa shape index (κ2) is 4.49. The number of likely N-dealkylation sites (tertiary alicyclic amines) is 1. The minimum Gasteiger partial charge on any atom is -0.339 e. The average Bonchev–Trinajstić information content (AvgIpc) is 2.92. The Labute approximate surface area is 108 Å². The summed E-state index contributed by atoms with van der Waals surface area (Å²) in [6.07, 6.45) is 2.13. The molecule has 3 rings (SSSR count). The first kappa shape index (κ1) is 11.3. The fraction of sp³-hybridized carbons (Fsp3) is 0.308. The van der Waals surface area contributed by atoms with Crippen molar-refractivity contribution in [1.29, 1.82) is 0 Å². The van der Waals surface area contributed by atoms with Gasteiger partial charge in [-0.25, -0.2) is 4.98 Å². The van der Waals surface area contributed by atoms with E-state index in [1.165, 1.54) is 16.8 Å². The number of benzene rings is 1. The molecule has 0 saturated carbocycles. The van der Waals surface area contributed by atoms with Crippen molar-refractivity contribution in [3.8, 4) is 0 Å². The molecule has 1 saturated heterocycles. The van der Waals surface area contributed by atoms with E-state index in [9.17, 15) is 9.59 Å². The van der Waals surface area contributed by atoms with E-state index in [0.717, 1.165) is 30.6 Å². The van der Waals surface area contributed by atoms with Crippen LogP contribution < -0.4 is 5.56 Å². The number of nitrogens with zero attached hydrogens (tertiary/aromatic N) is 2. The molecule has 0 aliphatic carbocycles. The molecular weight excluding hydrogens is 248 g/mol. The summed E-state index contributed by atoms with van der Waals surface area (Å²) < 4.78 is 0.868. The number of hydrogen-bond acceptors (Lipinski definition) is 4. The van der Waals surface area contributed by atoms with Crippen LogP contribution in [0.4, 0.5) is 0 Å². The van der Waals surface area contributed by atoms with E-state index in [1.54, 1.807) is 12.1 Å². The highest BCUT2D eigenvalue weighted by molar-refractivity contribution is 7.16. The van der Waals surface area contributed by atoms with Gasteiger partial charge in [0, 0.05) is 23.4 Å². The second-order valence-corrected chi connectivity index (χ2v) is 5.25. The number of amides is 1. The van der Waals surface area contributed by atoms with Crippen LogP contribution in [-0.4, -0.2) is 28.9 Å². The zero-order valence-corrected chi connectivity index (χ0v) is 10.6. The molecular formula is C13H12N2O2S. The van der Waals surface area contributed by atoms with Gasteiger partial charge in [-0.05, 0) is 31.0 Å². The van der Waals surface area contributed by atoms with E-state index in [-0.39, 0.29) is 11.5 Å². The fourth-order valence-corrected chi connectivity index (χ4v) is 2.92. The van der Waals surface area contributed by atoms with Gasteiger partial charge in [-0.2, -0.15) is 0 Å². The topological polar surface area (TPSA) is 50.3 Å². The Kier molecular flexibility index (Phi) is 2.83. The van der Waals surface area contributed by atoms with Crippen molar-refractivity contribution in [3.63, 3.8) is 0 Å². The molecule has 1 aromatic carbocycles. The van der Waals surface area contributed by atoms with Crippen LogP contribution in [0.2, 0.25) is 0 Å². The summed E-state index contributed by atoms with van der Waals surface area (Å²) in [4.78, 5) is 29.4. The van der Waals surface area contributed by atoms with Crippen molar-refractivity contribution in [2.75, 3.05) is 13.1 Å². The van der Waals surface area contributed by atoms with Crippen molar-refractivity contribution in [2.24, 2.45) is 0 Å². The molecule has 1 fully saturated rings. The lowest BCUT2D eigenvalue weighted by Crippen LogP contribution is -2.27. The van der Waals surface area contributed by atoms with Crippen molar-refractivity contribution in [3.05, 3.63) is 39.6 Å². The first-order valence-electron chi connectivity index (χ1n) is 5.92. The van der Waals surface area contributed by atoms with Gasteiger partial charge in [0.25, 0.3) is 11.5 Å². The van der Waals surface area contributed by atoms with E-state index >= 15 is 0 Å². The number of rotatable bonds is 1. The van der Waals surface area contributed by atoms with Crippen LogP contribution >= 0.6 is 11.3 Å². The normalized spacial score (nSPS) is 15.2. The Morgan fingerprint density at radius 2 is 2.06 bits per heavy atom. The molecule has 1 aromatic heterocycles. The van der Waals surface area contributed by atoms with Crippen LogP contribution in [0.5, 0.6) is 0 Å². The molecule has 5 heteroatoms. The van der Waals surface area contributed by atoms with Gasteiger partial charge in [0.2, 0.25) is 0 Å². The minimum absolute atomic E-state index is 0.0163. The maximum absolute atomic E-state index is 12.2. The molecule has 0 bridgehead atoms. The summed E-state index contributed by atoms with van der Waals surface area (Å²) in [5.74, 6) is 0.0163. The Bertz CT molecular complexity index is 659. The van der Waals surface area contributed by atoms with Gasteiger partial charge in [-0.1, -0.05) is 0 Å². The molecule has 0 radical (unpaired) electrons. The molecule has 18 heavy (non-hydrogen) atoms. The zero-order chi connectivity index (χ0) is 12.5. The highest BCUT2D eigenvalue weighted by Gasteiger charge is 2.19. The van der Waals surface area contributed by atoms with Crippen molar-refractivity contribution in [2.45, 2.75) is 12.8 Å². The monoisotopic (exact) mass is 260 g/mol. The van der Waals surface area contributed by atoms with Gasteiger partial charge in [0.1, 0.15) is 0 Å². The number of fused-ring (bicyclic) bond motifs is 1. The van der Waals surface area contributed by atoms with Crippen LogP contribution in [0.25, 0.3) is 10.1 Å². The molecule has 1 aliphatic heterocycles. The molecule has 0 atom stereocenters. The summed E-state index contributed by atoms with van der Waals surface area (Å²) in [5, 5.41) is 0.535. The van der Waals surface area contributed by atoms with E-state index in [0.29, 0.717) is 10.9 Å². The molecule has 1 amide bonds. The Hall–Kier alpha value is -1.75. The van der Waals surface area contributed by atoms with Crippen LogP contribution in [0, 0.1) is 0 Å². The molecule has 4 nitrogen and oxygen atoms in total. The SMILES string of the molecule is O=C(c1ccc2scnc(=O)c2c1)N1CCCC1.